The summed E-state index contributed by atoms with van der Waals surface area (Å²) in [7, 11) is -3.22. The van der Waals surface area contributed by atoms with Gasteiger partial charge in [0.25, 0.3) is 5.69 Å². The Morgan fingerprint density at radius 3 is 2.25 bits per heavy atom. The van der Waals surface area contributed by atoms with Crippen LogP contribution in [0.25, 0.3) is 0 Å². The Hall–Kier alpha value is -2.59. The molecule has 0 bridgehead atoms. The average molecular weight is 462 g/mol. The molecule has 3 rings (SSSR count). The average Bonchev–Trinajstić information content (AvgIpc) is 2.75. The van der Waals surface area contributed by atoms with Crippen molar-refractivity contribution < 1.29 is 13.3 Å². The number of nitrogens with zero attached hydrogens (tertiary/aromatic N) is 5. The zero-order chi connectivity index (χ0) is 23.5. The number of nitro benzene ring substituents is 1. The number of nitro groups is 1. The van der Waals surface area contributed by atoms with Gasteiger partial charge < -0.3 is 4.90 Å². The van der Waals surface area contributed by atoms with Gasteiger partial charge in [0.15, 0.2) is 0 Å². The molecule has 9 nitrogen and oxygen atoms in total. The molecule has 1 aliphatic rings. The molecule has 1 aromatic heterocycles. The summed E-state index contributed by atoms with van der Waals surface area (Å²) in [5, 5.41) is 11.0. The quantitative estimate of drug-likeness (QED) is 0.438. The van der Waals surface area contributed by atoms with Crippen LogP contribution >= 0.6 is 0 Å². The summed E-state index contributed by atoms with van der Waals surface area (Å²) in [4.78, 5) is 22.2. The summed E-state index contributed by atoms with van der Waals surface area (Å²) in [5.74, 6) is 1.91. The van der Waals surface area contributed by atoms with Gasteiger partial charge in [0, 0.05) is 61.9 Å². The van der Waals surface area contributed by atoms with Crippen LogP contribution in [0.4, 0.5) is 11.5 Å². The standard InChI is InChI=1S/C22H31N5O4S/c1-5-14-32(30,31)26-12-10-25(11-13-26)22-20(17(4)23-21(24-22)16(2)3)15-18-6-8-19(9-7-18)27(28)29/h6-9,16H,5,10-15H2,1-4H3. The van der Waals surface area contributed by atoms with Gasteiger partial charge in [0.05, 0.1) is 10.7 Å². The van der Waals surface area contributed by atoms with E-state index < -0.39 is 14.9 Å². The predicted molar refractivity (Wildman–Crippen MR) is 125 cm³/mol. The molecule has 0 unspecified atom stereocenters. The highest BCUT2D eigenvalue weighted by Crippen LogP contribution is 2.28. The Bertz CT molecular complexity index is 1060. The van der Waals surface area contributed by atoms with Crippen molar-refractivity contribution in [3.8, 4) is 0 Å². The van der Waals surface area contributed by atoms with Gasteiger partial charge in [-0.05, 0) is 18.9 Å². The van der Waals surface area contributed by atoms with Crippen LogP contribution in [-0.2, 0) is 16.4 Å². The topological polar surface area (TPSA) is 110 Å². The van der Waals surface area contributed by atoms with Crippen molar-refractivity contribution in [2.45, 2.75) is 46.5 Å². The fourth-order valence-corrected chi connectivity index (χ4v) is 5.33. The second-order valence-electron chi connectivity index (χ2n) is 8.43. The first kappa shape index (κ1) is 24.1. The smallest absolute Gasteiger partial charge is 0.269 e. The van der Waals surface area contributed by atoms with E-state index in [9.17, 15) is 18.5 Å². The van der Waals surface area contributed by atoms with Crippen molar-refractivity contribution in [2.24, 2.45) is 0 Å². The lowest BCUT2D eigenvalue weighted by molar-refractivity contribution is -0.384. The highest BCUT2D eigenvalue weighted by atomic mass is 32.2. The first-order valence-electron chi connectivity index (χ1n) is 11.0. The van der Waals surface area contributed by atoms with E-state index in [-0.39, 0.29) is 17.4 Å². The summed E-state index contributed by atoms with van der Waals surface area (Å²) in [6, 6.07) is 6.52. The Labute approximate surface area is 189 Å². The van der Waals surface area contributed by atoms with E-state index in [0.29, 0.717) is 39.0 Å². The predicted octanol–water partition coefficient (Wildman–Crippen LogP) is 3.27. The Morgan fingerprint density at radius 2 is 1.72 bits per heavy atom. The number of hydrogen-bond acceptors (Lipinski definition) is 7. The van der Waals surface area contributed by atoms with Crippen molar-refractivity contribution in [3.05, 3.63) is 57.0 Å². The highest BCUT2D eigenvalue weighted by molar-refractivity contribution is 7.89. The number of non-ortho nitro benzene ring substituents is 1. The largest absolute Gasteiger partial charge is 0.354 e. The number of hydrogen-bond donors (Lipinski definition) is 0. The SMILES string of the molecule is CCCS(=O)(=O)N1CCN(c2nc(C(C)C)nc(C)c2Cc2ccc([N+](=O)[O-])cc2)CC1. The minimum Gasteiger partial charge on any atom is -0.354 e. The molecule has 1 aliphatic heterocycles. The zero-order valence-corrected chi connectivity index (χ0v) is 19.9. The maximum Gasteiger partial charge on any atom is 0.269 e. The lowest BCUT2D eigenvalue weighted by Gasteiger charge is -2.36. The van der Waals surface area contributed by atoms with E-state index in [0.717, 1.165) is 28.5 Å². The van der Waals surface area contributed by atoms with E-state index >= 15 is 0 Å². The molecular weight excluding hydrogens is 430 g/mol. The second-order valence-corrected chi connectivity index (χ2v) is 10.5. The van der Waals surface area contributed by atoms with E-state index in [1.165, 1.54) is 12.1 Å². The first-order valence-corrected chi connectivity index (χ1v) is 12.6. The van der Waals surface area contributed by atoms with Crippen LogP contribution in [-0.4, -0.2) is 59.5 Å². The minimum absolute atomic E-state index is 0.0570. The van der Waals surface area contributed by atoms with Gasteiger partial charge >= 0.3 is 0 Å². The van der Waals surface area contributed by atoms with Crippen molar-refractivity contribution in [1.29, 1.82) is 0 Å². The number of aromatic nitrogens is 2. The lowest BCUT2D eigenvalue weighted by atomic mass is 10.0. The molecule has 2 aromatic rings. The van der Waals surface area contributed by atoms with Crippen LogP contribution in [0.3, 0.4) is 0 Å². The third-order valence-electron chi connectivity index (χ3n) is 5.65. The summed E-state index contributed by atoms with van der Waals surface area (Å²) in [6.07, 6.45) is 1.15. The highest BCUT2D eigenvalue weighted by Gasteiger charge is 2.28. The first-order chi connectivity index (χ1) is 15.1. The fourth-order valence-electron chi connectivity index (χ4n) is 3.83. The Balaban J connectivity index is 1.90. The number of sulfonamides is 1. The molecule has 0 amide bonds. The van der Waals surface area contributed by atoms with E-state index in [1.807, 2.05) is 27.7 Å². The maximum absolute atomic E-state index is 12.4. The molecule has 2 heterocycles. The lowest BCUT2D eigenvalue weighted by Crippen LogP contribution is -2.49. The molecule has 0 atom stereocenters. The normalized spacial score (nSPS) is 15.3. The number of benzene rings is 1. The van der Waals surface area contributed by atoms with Gasteiger partial charge in [-0.2, -0.15) is 4.31 Å². The number of aryl methyl sites for hydroxylation is 1. The molecule has 0 N–H and O–H groups in total. The molecule has 0 aliphatic carbocycles. The summed E-state index contributed by atoms with van der Waals surface area (Å²) >= 11 is 0. The fraction of sp³-hybridized carbons (Fsp3) is 0.545. The van der Waals surface area contributed by atoms with Gasteiger partial charge in [0.1, 0.15) is 11.6 Å². The second kappa shape index (κ2) is 9.91. The van der Waals surface area contributed by atoms with Crippen LogP contribution in [0.1, 0.15) is 55.8 Å². The van der Waals surface area contributed by atoms with Crippen molar-refractivity contribution in [2.75, 3.05) is 36.8 Å². The van der Waals surface area contributed by atoms with Crippen LogP contribution in [0, 0.1) is 17.0 Å². The van der Waals surface area contributed by atoms with Crippen LogP contribution in [0.5, 0.6) is 0 Å². The van der Waals surface area contributed by atoms with Crippen LogP contribution in [0.2, 0.25) is 0 Å². The molecule has 10 heteroatoms. The molecule has 32 heavy (non-hydrogen) atoms. The van der Waals surface area contributed by atoms with Crippen LogP contribution < -0.4 is 4.90 Å². The number of piperazine rings is 1. The summed E-state index contributed by atoms with van der Waals surface area (Å²) < 4.78 is 26.5. The van der Waals surface area contributed by atoms with Gasteiger partial charge in [-0.3, -0.25) is 10.1 Å². The maximum atomic E-state index is 12.4. The van der Waals surface area contributed by atoms with E-state index in [1.54, 1.807) is 16.4 Å². The summed E-state index contributed by atoms with van der Waals surface area (Å²) in [6.45, 7) is 9.90. The molecule has 174 valence electrons. The van der Waals surface area contributed by atoms with Gasteiger partial charge in [-0.1, -0.05) is 32.9 Å². The van der Waals surface area contributed by atoms with Gasteiger partial charge in [0.2, 0.25) is 10.0 Å². The molecule has 0 radical (unpaired) electrons. The Morgan fingerprint density at radius 1 is 1.09 bits per heavy atom. The van der Waals surface area contributed by atoms with Crippen molar-refractivity contribution in [3.63, 3.8) is 0 Å². The Kier molecular flexibility index (Phi) is 7.45. The molecule has 1 aromatic carbocycles. The summed E-state index contributed by atoms with van der Waals surface area (Å²) in [5.41, 5.74) is 2.83. The zero-order valence-electron chi connectivity index (χ0n) is 19.1. The number of rotatable bonds is 8. The molecule has 1 saturated heterocycles. The molecule has 0 spiro atoms. The van der Waals surface area contributed by atoms with Gasteiger partial charge in [-0.15, -0.1) is 0 Å². The third kappa shape index (κ3) is 5.42. The van der Waals surface area contributed by atoms with Crippen LogP contribution in [0.15, 0.2) is 24.3 Å². The molecule has 1 fully saturated rings. The van der Waals surface area contributed by atoms with E-state index in [2.05, 4.69) is 4.90 Å². The number of anilines is 1. The molecule has 0 saturated carbocycles. The van der Waals surface area contributed by atoms with Gasteiger partial charge in [-0.25, -0.2) is 18.4 Å². The van der Waals surface area contributed by atoms with E-state index in [4.69, 9.17) is 9.97 Å². The third-order valence-corrected chi connectivity index (χ3v) is 7.72. The van der Waals surface area contributed by atoms with Crippen molar-refractivity contribution >= 4 is 21.5 Å². The minimum atomic E-state index is -3.22. The molecular formula is C22H31N5O4S. The monoisotopic (exact) mass is 461 g/mol. The van der Waals surface area contributed by atoms with Crippen molar-refractivity contribution in [1.82, 2.24) is 14.3 Å².